The van der Waals surface area contributed by atoms with Crippen LogP contribution in [-0.2, 0) is 6.42 Å². The highest BCUT2D eigenvalue weighted by atomic mass is 35.5. The molecule has 0 aliphatic rings. The van der Waals surface area contributed by atoms with Gasteiger partial charge in [0, 0.05) is 43.1 Å². The molecule has 0 radical (unpaired) electrons. The van der Waals surface area contributed by atoms with Crippen molar-refractivity contribution in [1.29, 1.82) is 0 Å². The van der Waals surface area contributed by atoms with Crippen molar-refractivity contribution in [2.45, 2.75) is 6.42 Å². The lowest BCUT2D eigenvalue weighted by Gasteiger charge is -2.15. The third kappa shape index (κ3) is 3.81. The molecule has 0 aliphatic carbocycles. The van der Waals surface area contributed by atoms with Crippen molar-refractivity contribution in [2.75, 3.05) is 13.6 Å². The Morgan fingerprint density at radius 3 is 2.71 bits per heavy atom. The van der Waals surface area contributed by atoms with Gasteiger partial charge in [-0.25, -0.2) is 4.68 Å². The Balaban J connectivity index is 1.65. The Morgan fingerprint density at radius 2 is 2.00 bits per heavy atom. The zero-order valence-electron chi connectivity index (χ0n) is 13.3. The maximum atomic E-state index is 12.5. The zero-order chi connectivity index (χ0) is 16.9. The highest BCUT2D eigenvalue weighted by molar-refractivity contribution is 6.30. The van der Waals surface area contributed by atoms with E-state index in [2.05, 4.69) is 10.1 Å². The van der Waals surface area contributed by atoms with Crippen LogP contribution in [0.4, 0.5) is 0 Å². The third-order valence-electron chi connectivity index (χ3n) is 3.70. The van der Waals surface area contributed by atoms with Gasteiger partial charge in [0.2, 0.25) is 0 Å². The van der Waals surface area contributed by atoms with E-state index in [1.54, 1.807) is 47.4 Å². The van der Waals surface area contributed by atoms with E-state index in [4.69, 9.17) is 11.6 Å². The second-order valence-electron chi connectivity index (χ2n) is 5.45. The Bertz CT molecular complexity index is 815. The number of amides is 1. The van der Waals surface area contributed by atoms with Crippen LogP contribution in [0, 0.1) is 0 Å². The number of halogens is 1. The summed E-state index contributed by atoms with van der Waals surface area (Å²) in [5, 5.41) is 4.91. The fourth-order valence-corrected chi connectivity index (χ4v) is 2.44. The lowest BCUT2D eigenvalue weighted by atomic mass is 10.2. The van der Waals surface area contributed by atoms with Gasteiger partial charge in [0.25, 0.3) is 5.91 Å². The van der Waals surface area contributed by atoms with Gasteiger partial charge >= 0.3 is 0 Å². The largest absolute Gasteiger partial charge is 0.341 e. The van der Waals surface area contributed by atoms with E-state index in [1.165, 1.54) is 0 Å². The summed E-state index contributed by atoms with van der Waals surface area (Å²) in [6.45, 7) is 0.599. The summed E-state index contributed by atoms with van der Waals surface area (Å²) in [4.78, 5) is 18.4. The van der Waals surface area contributed by atoms with Gasteiger partial charge in [-0.15, -0.1) is 0 Å². The molecule has 0 bridgehead atoms. The van der Waals surface area contributed by atoms with Crippen LogP contribution < -0.4 is 0 Å². The van der Waals surface area contributed by atoms with Gasteiger partial charge < -0.3 is 4.90 Å². The molecule has 3 rings (SSSR count). The topological polar surface area (TPSA) is 51.0 Å². The molecule has 0 atom stereocenters. The Labute approximate surface area is 145 Å². The zero-order valence-corrected chi connectivity index (χ0v) is 14.0. The number of pyridine rings is 1. The average Bonchev–Trinajstić information content (AvgIpc) is 3.10. The van der Waals surface area contributed by atoms with Gasteiger partial charge in [-0.1, -0.05) is 17.7 Å². The summed E-state index contributed by atoms with van der Waals surface area (Å²) >= 11 is 5.89. The average molecular weight is 341 g/mol. The molecular formula is C18H17ClN4O. The number of nitrogens with zero attached hydrogens (tertiary/aromatic N) is 4. The number of hydrogen-bond donors (Lipinski definition) is 0. The quantitative estimate of drug-likeness (QED) is 0.716. The highest BCUT2D eigenvalue weighted by Crippen LogP contribution is 2.14. The molecule has 3 aromatic rings. The summed E-state index contributed by atoms with van der Waals surface area (Å²) in [7, 11) is 1.78. The standard InChI is InChI=1S/C18H17ClN4O/c1-22(11-9-16-4-2-3-10-20-16)18(24)14-12-21-23(13-14)17-7-5-15(19)6-8-17/h2-8,10,12-13H,9,11H2,1H3. The van der Waals surface area contributed by atoms with E-state index in [1.807, 2.05) is 30.3 Å². The van der Waals surface area contributed by atoms with E-state index < -0.39 is 0 Å². The minimum atomic E-state index is -0.0638. The van der Waals surface area contributed by atoms with Crippen LogP contribution in [0.1, 0.15) is 16.1 Å². The molecule has 6 heteroatoms. The molecule has 1 aromatic carbocycles. The van der Waals surface area contributed by atoms with Gasteiger partial charge in [-0.05, 0) is 36.4 Å². The molecule has 0 unspecified atom stereocenters. The predicted molar refractivity (Wildman–Crippen MR) is 93.5 cm³/mol. The number of aromatic nitrogens is 3. The SMILES string of the molecule is CN(CCc1ccccn1)C(=O)c1cnn(-c2ccc(Cl)cc2)c1. The summed E-state index contributed by atoms with van der Waals surface area (Å²) in [6.07, 6.45) is 5.78. The fourth-order valence-electron chi connectivity index (χ4n) is 2.32. The van der Waals surface area contributed by atoms with Crippen LogP contribution in [0.5, 0.6) is 0 Å². The first-order valence-corrected chi connectivity index (χ1v) is 7.97. The van der Waals surface area contributed by atoms with Crippen LogP contribution in [0.3, 0.4) is 0 Å². The van der Waals surface area contributed by atoms with Crippen LogP contribution in [0.25, 0.3) is 5.69 Å². The lowest BCUT2D eigenvalue weighted by molar-refractivity contribution is 0.0796. The van der Waals surface area contributed by atoms with E-state index in [0.717, 1.165) is 11.4 Å². The third-order valence-corrected chi connectivity index (χ3v) is 3.95. The van der Waals surface area contributed by atoms with Gasteiger partial charge in [0.05, 0.1) is 17.4 Å². The van der Waals surface area contributed by atoms with Crippen molar-refractivity contribution in [3.8, 4) is 5.69 Å². The molecule has 0 aliphatic heterocycles. The number of hydrogen-bond acceptors (Lipinski definition) is 3. The molecule has 2 heterocycles. The Hall–Kier alpha value is -2.66. The maximum Gasteiger partial charge on any atom is 0.256 e. The van der Waals surface area contributed by atoms with Crippen LogP contribution in [-0.4, -0.2) is 39.2 Å². The molecule has 122 valence electrons. The van der Waals surface area contributed by atoms with Gasteiger partial charge in [0.1, 0.15) is 0 Å². The number of rotatable bonds is 5. The minimum Gasteiger partial charge on any atom is -0.341 e. The van der Waals surface area contributed by atoms with E-state index in [9.17, 15) is 4.79 Å². The molecule has 2 aromatic heterocycles. The fraction of sp³-hybridized carbons (Fsp3) is 0.167. The molecule has 1 amide bonds. The summed E-state index contributed by atoms with van der Waals surface area (Å²) in [6, 6.07) is 13.1. The van der Waals surface area contributed by atoms with Crippen molar-refractivity contribution in [2.24, 2.45) is 0 Å². The normalized spacial score (nSPS) is 10.6. The van der Waals surface area contributed by atoms with E-state index in [0.29, 0.717) is 23.6 Å². The van der Waals surface area contributed by atoms with Crippen LogP contribution in [0.15, 0.2) is 61.1 Å². The molecule has 0 saturated carbocycles. The summed E-state index contributed by atoms with van der Waals surface area (Å²) < 4.78 is 1.66. The van der Waals surface area contributed by atoms with Crippen LogP contribution >= 0.6 is 11.6 Å². The van der Waals surface area contributed by atoms with Crippen molar-refractivity contribution < 1.29 is 4.79 Å². The van der Waals surface area contributed by atoms with Crippen molar-refractivity contribution >= 4 is 17.5 Å². The monoisotopic (exact) mass is 340 g/mol. The highest BCUT2D eigenvalue weighted by Gasteiger charge is 2.14. The minimum absolute atomic E-state index is 0.0638. The number of likely N-dealkylation sites (N-methyl/N-ethyl adjacent to an activating group) is 1. The second kappa shape index (κ2) is 7.27. The van der Waals surface area contributed by atoms with Gasteiger partial charge in [-0.3, -0.25) is 9.78 Å². The first kappa shape index (κ1) is 16.2. The Kier molecular flexibility index (Phi) is 4.91. The smallest absolute Gasteiger partial charge is 0.256 e. The number of benzene rings is 1. The predicted octanol–water partition coefficient (Wildman–Crippen LogP) is 3.24. The second-order valence-corrected chi connectivity index (χ2v) is 5.88. The lowest BCUT2D eigenvalue weighted by Crippen LogP contribution is -2.28. The molecule has 0 N–H and O–H groups in total. The van der Waals surface area contributed by atoms with Crippen molar-refractivity contribution in [3.63, 3.8) is 0 Å². The summed E-state index contributed by atoms with van der Waals surface area (Å²) in [5.74, 6) is -0.0638. The number of carbonyl (C=O) groups is 1. The maximum absolute atomic E-state index is 12.5. The number of carbonyl (C=O) groups excluding carboxylic acids is 1. The van der Waals surface area contributed by atoms with Crippen LogP contribution in [0.2, 0.25) is 5.02 Å². The molecule has 0 saturated heterocycles. The molecule has 0 spiro atoms. The molecule has 24 heavy (non-hydrogen) atoms. The van der Waals surface area contributed by atoms with E-state index in [-0.39, 0.29) is 5.91 Å². The molecular weight excluding hydrogens is 324 g/mol. The Morgan fingerprint density at radius 1 is 1.21 bits per heavy atom. The summed E-state index contributed by atoms with van der Waals surface area (Å²) in [5.41, 5.74) is 2.37. The molecule has 0 fully saturated rings. The van der Waals surface area contributed by atoms with Crippen molar-refractivity contribution in [1.82, 2.24) is 19.7 Å². The van der Waals surface area contributed by atoms with Gasteiger partial charge in [0.15, 0.2) is 0 Å². The first-order valence-electron chi connectivity index (χ1n) is 7.59. The first-order chi connectivity index (χ1) is 11.6. The van der Waals surface area contributed by atoms with E-state index >= 15 is 0 Å². The molecule has 5 nitrogen and oxygen atoms in total. The van der Waals surface area contributed by atoms with Gasteiger partial charge in [-0.2, -0.15) is 5.10 Å². The van der Waals surface area contributed by atoms with Crippen molar-refractivity contribution in [3.05, 3.63) is 77.3 Å².